The normalized spacial score (nSPS) is 11.1. The molecule has 0 fully saturated rings. The summed E-state index contributed by atoms with van der Waals surface area (Å²) >= 11 is 13.1. The Bertz CT molecular complexity index is 464. The first-order chi connectivity index (χ1) is 6.77. The molecule has 0 aliphatic rings. The van der Waals surface area contributed by atoms with Crippen molar-refractivity contribution in [3.05, 3.63) is 28.1 Å². The topological polar surface area (TPSA) is 0 Å². The third kappa shape index (κ3) is 1.71. The van der Waals surface area contributed by atoms with Gasteiger partial charge < -0.3 is 0 Å². The van der Waals surface area contributed by atoms with Gasteiger partial charge >= 0.3 is 0 Å². The van der Waals surface area contributed by atoms with Crippen molar-refractivity contribution in [2.75, 3.05) is 6.26 Å². The predicted octanol–water partition coefficient (Wildman–Crippen LogP) is 5.17. The summed E-state index contributed by atoms with van der Waals surface area (Å²) in [5.41, 5.74) is 1.31. The van der Waals surface area contributed by atoms with E-state index in [1.807, 2.05) is 0 Å². The van der Waals surface area contributed by atoms with Crippen LogP contribution in [0.2, 0.25) is 4.34 Å². The van der Waals surface area contributed by atoms with Crippen molar-refractivity contribution in [1.82, 2.24) is 0 Å². The Kier molecular flexibility index (Phi) is 3.42. The van der Waals surface area contributed by atoms with Gasteiger partial charge in [-0.2, -0.15) is 0 Å². The van der Waals surface area contributed by atoms with Crippen LogP contribution in [0.25, 0.3) is 10.1 Å². The van der Waals surface area contributed by atoms with Crippen LogP contribution < -0.4 is 0 Å². The SMILES string of the molecule is CSc1c(Cl)sc2cccc(CBr)c12. The van der Waals surface area contributed by atoms with Gasteiger partial charge in [0.15, 0.2) is 0 Å². The number of halogens is 2. The summed E-state index contributed by atoms with van der Waals surface area (Å²) in [6, 6.07) is 6.34. The number of rotatable bonds is 2. The second-order valence-corrected chi connectivity index (χ2v) is 5.86. The molecule has 2 aromatic rings. The molecule has 0 aliphatic heterocycles. The highest BCUT2D eigenvalue weighted by molar-refractivity contribution is 9.08. The van der Waals surface area contributed by atoms with Crippen LogP contribution in [0.5, 0.6) is 0 Å². The molecule has 74 valence electrons. The molecular formula is C10H8BrClS2. The Morgan fingerprint density at radius 3 is 2.93 bits per heavy atom. The lowest BCUT2D eigenvalue weighted by Gasteiger charge is -2.00. The molecule has 1 aromatic heterocycles. The molecule has 0 unspecified atom stereocenters. The van der Waals surface area contributed by atoms with E-state index in [0.29, 0.717) is 0 Å². The number of thiophene rings is 1. The van der Waals surface area contributed by atoms with Gasteiger partial charge in [-0.15, -0.1) is 23.1 Å². The van der Waals surface area contributed by atoms with Crippen LogP contribution in [0.15, 0.2) is 23.1 Å². The molecule has 0 radical (unpaired) electrons. The molecule has 14 heavy (non-hydrogen) atoms. The Morgan fingerprint density at radius 2 is 2.29 bits per heavy atom. The average Bonchev–Trinajstić information content (AvgIpc) is 2.52. The summed E-state index contributed by atoms with van der Waals surface area (Å²) in [7, 11) is 0. The third-order valence-electron chi connectivity index (χ3n) is 2.07. The summed E-state index contributed by atoms with van der Waals surface area (Å²) in [4.78, 5) is 1.21. The summed E-state index contributed by atoms with van der Waals surface area (Å²) in [6.07, 6.45) is 2.07. The minimum atomic E-state index is 0.880. The number of thioether (sulfide) groups is 1. The predicted molar refractivity (Wildman–Crippen MR) is 71.2 cm³/mol. The summed E-state index contributed by atoms with van der Waals surface area (Å²) in [5.74, 6) is 0. The monoisotopic (exact) mass is 306 g/mol. The molecule has 1 aromatic carbocycles. The van der Waals surface area contributed by atoms with E-state index in [0.717, 1.165) is 9.67 Å². The zero-order valence-corrected chi connectivity index (χ0v) is 11.5. The second-order valence-electron chi connectivity index (χ2n) is 2.83. The number of alkyl halides is 1. The summed E-state index contributed by atoms with van der Waals surface area (Å²) in [5, 5.41) is 2.19. The maximum absolute atomic E-state index is 6.18. The molecule has 0 nitrogen and oxygen atoms in total. The highest BCUT2D eigenvalue weighted by Crippen LogP contribution is 2.42. The molecule has 0 N–H and O–H groups in total. The Morgan fingerprint density at radius 1 is 1.50 bits per heavy atom. The van der Waals surface area contributed by atoms with Gasteiger partial charge in [-0.25, -0.2) is 0 Å². The Labute approximate surface area is 105 Å². The molecule has 0 amide bonds. The largest absolute Gasteiger partial charge is 0.127 e. The molecule has 0 atom stereocenters. The van der Waals surface area contributed by atoms with Crippen LogP contribution >= 0.6 is 50.6 Å². The Balaban J connectivity index is 2.82. The van der Waals surface area contributed by atoms with E-state index >= 15 is 0 Å². The van der Waals surface area contributed by atoms with Crippen LogP contribution in [-0.4, -0.2) is 6.26 Å². The van der Waals surface area contributed by atoms with Gasteiger partial charge in [0.05, 0.1) is 0 Å². The molecule has 4 heteroatoms. The zero-order chi connectivity index (χ0) is 10.1. The van der Waals surface area contributed by atoms with Crippen molar-refractivity contribution in [2.45, 2.75) is 10.2 Å². The highest BCUT2D eigenvalue weighted by Gasteiger charge is 2.12. The summed E-state index contributed by atoms with van der Waals surface area (Å²) < 4.78 is 2.18. The first-order valence-corrected chi connectivity index (χ1v) is 7.62. The van der Waals surface area contributed by atoms with Crippen molar-refractivity contribution >= 4 is 60.7 Å². The zero-order valence-electron chi connectivity index (χ0n) is 7.51. The van der Waals surface area contributed by atoms with E-state index in [1.54, 1.807) is 23.1 Å². The van der Waals surface area contributed by atoms with Crippen LogP contribution in [0.3, 0.4) is 0 Å². The Hall–Kier alpha value is 0.300. The van der Waals surface area contributed by atoms with Gasteiger partial charge in [-0.1, -0.05) is 39.7 Å². The molecule has 0 saturated carbocycles. The van der Waals surface area contributed by atoms with E-state index in [-0.39, 0.29) is 0 Å². The lowest BCUT2D eigenvalue weighted by atomic mass is 10.1. The lowest BCUT2D eigenvalue weighted by molar-refractivity contribution is 1.47. The molecule has 0 aliphatic carbocycles. The number of fused-ring (bicyclic) bond motifs is 1. The van der Waals surface area contributed by atoms with Crippen LogP contribution in [0.4, 0.5) is 0 Å². The summed E-state index contributed by atoms with van der Waals surface area (Å²) in [6.45, 7) is 0. The number of benzene rings is 1. The molecular weight excluding hydrogens is 300 g/mol. The van der Waals surface area contributed by atoms with Gasteiger partial charge in [-0.3, -0.25) is 0 Å². The molecule has 0 spiro atoms. The van der Waals surface area contributed by atoms with E-state index < -0.39 is 0 Å². The maximum Gasteiger partial charge on any atom is 0.108 e. The maximum atomic E-state index is 6.18. The smallest absolute Gasteiger partial charge is 0.108 e. The molecule has 0 saturated heterocycles. The van der Waals surface area contributed by atoms with Crippen molar-refractivity contribution in [1.29, 1.82) is 0 Å². The van der Waals surface area contributed by atoms with Gasteiger partial charge in [0, 0.05) is 20.3 Å². The van der Waals surface area contributed by atoms with E-state index in [4.69, 9.17) is 11.6 Å². The van der Waals surface area contributed by atoms with Crippen molar-refractivity contribution < 1.29 is 0 Å². The quantitative estimate of drug-likeness (QED) is 0.545. The van der Waals surface area contributed by atoms with E-state index in [9.17, 15) is 0 Å². The highest BCUT2D eigenvalue weighted by atomic mass is 79.9. The van der Waals surface area contributed by atoms with Crippen LogP contribution in [0, 0.1) is 0 Å². The van der Waals surface area contributed by atoms with Crippen molar-refractivity contribution in [3.63, 3.8) is 0 Å². The lowest BCUT2D eigenvalue weighted by Crippen LogP contribution is -1.78. The molecule has 1 heterocycles. The van der Waals surface area contributed by atoms with E-state index in [2.05, 4.69) is 40.4 Å². The standard InChI is InChI=1S/C10H8BrClS2/c1-13-9-8-6(5-11)3-2-4-7(8)14-10(9)12/h2-4H,5H2,1H3. The molecule has 0 bridgehead atoms. The van der Waals surface area contributed by atoms with Crippen LogP contribution in [-0.2, 0) is 5.33 Å². The minimum Gasteiger partial charge on any atom is -0.127 e. The average molecular weight is 308 g/mol. The fourth-order valence-corrected chi connectivity index (χ4v) is 4.41. The van der Waals surface area contributed by atoms with Crippen LogP contribution in [0.1, 0.15) is 5.56 Å². The number of hydrogen-bond acceptors (Lipinski definition) is 2. The molecule has 2 rings (SSSR count). The van der Waals surface area contributed by atoms with Gasteiger partial charge in [-0.05, 0) is 17.9 Å². The van der Waals surface area contributed by atoms with Crippen molar-refractivity contribution in [2.24, 2.45) is 0 Å². The van der Waals surface area contributed by atoms with Gasteiger partial charge in [0.1, 0.15) is 4.34 Å². The fraction of sp³-hybridized carbons (Fsp3) is 0.200. The van der Waals surface area contributed by atoms with Crippen molar-refractivity contribution in [3.8, 4) is 0 Å². The van der Waals surface area contributed by atoms with Gasteiger partial charge in [0.25, 0.3) is 0 Å². The van der Waals surface area contributed by atoms with E-state index in [1.165, 1.54) is 20.5 Å². The second kappa shape index (κ2) is 4.44. The van der Waals surface area contributed by atoms with Gasteiger partial charge in [0.2, 0.25) is 0 Å². The minimum absolute atomic E-state index is 0.880. The first-order valence-electron chi connectivity index (χ1n) is 4.07. The number of hydrogen-bond donors (Lipinski definition) is 0. The third-order valence-corrected chi connectivity index (χ3v) is 5.09. The first kappa shape index (κ1) is 10.8. The fourth-order valence-electron chi connectivity index (χ4n) is 1.45.